The molecule has 1 saturated heterocycles. The summed E-state index contributed by atoms with van der Waals surface area (Å²) in [5, 5.41) is 10.9. The number of nitro benzene ring substituents is 1. The highest BCUT2D eigenvalue weighted by molar-refractivity contribution is 5.78. The predicted molar refractivity (Wildman–Crippen MR) is 109 cm³/mol. The van der Waals surface area contributed by atoms with E-state index in [0.717, 1.165) is 36.3 Å². The molecule has 8 nitrogen and oxygen atoms in total. The number of fused-ring (bicyclic) bond motifs is 1. The molecule has 2 heterocycles. The van der Waals surface area contributed by atoms with Crippen molar-refractivity contribution in [2.24, 2.45) is 0 Å². The van der Waals surface area contributed by atoms with Crippen LogP contribution in [0.3, 0.4) is 0 Å². The number of amides is 1. The summed E-state index contributed by atoms with van der Waals surface area (Å²) in [5.74, 6) is 1.80. The van der Waals surface area contributed by atoms with E-state index < -0.39 is 4.92 Å². The third-order valence-corrected chi connectivity index (χ3v) is 5.46. The normalized spacial score (nSPS) is 18.0. The summed E-state index contributed by atoms with van der Waals surface area (Å²) in [5.41, 5.74) is 1.55. The molecule has 0 radical (unpaired) electrons. The van der Waals surface area contributed by atoms with Crippen LogP contribution in [0, 0.1) is 17.0 Å². The second-order valence-corrected chi connectivity index (χ2v) is 7.50. The second kappa shape index (κ2) is 8.61. The molecule has 2 aliphatic heterocycles. The average Bonchev–Trinajstić information content (AvgIpc) is 3.10. The Labute approximate surface area is 174 Å². The lowest BCUT2D eigenvalue weighted by molar-refractivity contribution is -0.385. The summed E-state index contributed by atoms with van der Waals surface area (Å²) in [7, 11) is 0. The molecule has 1 amide bonds. The van der Waals surface area contributed by atoms with Crippen molar-refractivity contribution in [3.63, 3.8) is 0 Å². The van der Waals surface area contributed by atoms with E-state index in [0.29, 0.717) is 31.1 Å². The van der Waals surface area contributed by atoms with Gasteiger partial charge in [0.25, 0.3) is 11.6 Å². The van der Waals surface area contributed by atoms with E-state index in [1.165, 1.54) is 12.1 Å². The van der Waals surface area contributed by atoms with E-state index in [1.807, 2.05) is 23.1 Å². The average molecular weight is 412 g/mol. The third-order valence-electron chi connectivity index (χ3n) is 5.46. The monoisotopic (exact) mass is 412 g/mol. The zero-order valence-corrected chi connectivity index (χ0v) is 16.8. The summed E-state index contributed by atoms with van der Waals surface area (Å²) >= 11 is 0. The van der Waals surface area contributed by atoms with E-state index in [1.54, 1.807) is 13.0 Å². The van der Waals surface area contributed by atoms with Gasteiger partial charge in [-0.1, -0.05) is 6.07 Å². The molecule has 0 saturated carbocycles. The van der Waals surface area contributed by atoms with E-state index >= 15 is 0 Å². The first-order chi connectivity index (χ1) is 14.5. The molecule has 2 aromatic carbocycles. The van der Waals surface area contributed by atoms with Gasteiger partial charge in [-0.3, -0.25) is 14.9 Å². The number of rotatable bonds is 5. The SMILES string of the molecule is Cc1cc(OCC(=O)N2CCCC2c2ccc3c(c2)OCCCO3)ccc1[N+](=O)[O-]. The highest BCUT2D eigenvalue weighted by Gasteiger charge is 2.31. The van der Waals surface area contributed by atoms with Gasteiger partial charge >= 0.3 is 0 Å². The molecule has 2 aromatic rings. The van der Waals surface area contributed by atoms with Crippen molar-refractivity contribution in [3.05, 3.63) is 57.6 Å². The molecule has 4 rings (SSSR count). The van der Waals surface area contributed by atoms with Crippen LogP contribution in [0.25, 0.3) is 0 Å². The van der Waals surface area contributed by atoms with Crippen LogP contribution in [-0.2, 0) is 4.79 Å². The van der Waals surface area contributed by atoms with Gasteiger partial charge in [-0.2, -0.15) is 0 Å². The van der Waals surface area contributed by atoms with Gasteiger partial charge in [-0.25, -0.2) is 0 Å². The molecule has 2 aliphatic rings. The smallest absolute Gasteiger partial charge is 0.272 e. The maximum Gasteiger partial charge on any atom is 0.272 e. The lowest BCUT2D eigenvalue weighted by atomic mass is 10.0. The number of carbonyl (C=O) groups excluding carboxylic acids is 1. The fourth-order valence-corrected chi connectivity index (χ4v) is 3.95. The van der Waals surface area contributed by atoms with Crippen LogP contribution >= 0.6 is 0 Å². The molecule has 158 valence electrons. The Hall–Kier alpha value is -3.29. The van der Waals surface area contributed by atoms with Crippen LogP contribution in [0.1, 0.15) is 36.4 Å². The zero-order chi connectivity index (χ0) is 21.1. The van der Waals surface area contributed by atoms with Crippen LogP contribution < -0.4 is 14.2 Å². The van der Waals surface area contributed by atoms with Crippen molar-refractivity contribution >= 4 is 11.6 Å². The number of benzene rings is 2. The van der Waals surface area contributed by atoms with E-state index in [4.69, 9.17) is 14.2 Å². The molecule has 1 fully saturated rings. The number of carbonyl (C=O) groups is 1. The largest absolute Gasteiger partial charge is 0.490 e. The fraction of sp³-hybridized carbons (Fsp3) is 0.409. The Morgan fingerprint density at radius 3 is 2.73 bits per heavy atom. The number of nitrogens with zero attached hydrogens (tertiary/aromatic N) is 2. The number of aryl methyl sites for hydroxylation is 1. The van der Waals surface area contributed by atoms with Crippen molar-refractivity contribution in [3.8, 4) is 17.2 Å². The third kappa shape index (κ3) is 4.17. The summed E-state index contributed by atoms with van der Waals surface area (Å²) in [6.07, 6.45) is 2.64. The minimum atomic E-state index is -0.436. The van der Waals surface area contributed by atoms with Crippen LogP contribution in [0.2, 0.25) is 0 Å². The van der Waals surface area contributed by atoms with Crippen LogP contribution in [0.4, 0.5) is 5.69 Å². The molecule has 0 N–H and O–H groups in total. The molecular formula is C22H24N2O6. The minimum absolute atomic E-state index is 0.0303. The molecular weight excluding hydrogens is 388 g/mol. The maximum absolute atomic E-state index is 12.8. The van der Waals surface area contributed by atoms with Gasteiger partial charge in [0.1, 0.15) is 5.75 Å². The van der Waals surface area contributed by atoms with Gasteiger partial charge in [0.2, 0.25) is 0 Å². The van der Waals surface area contributed by atoms with Gasteiger partial charge < -0.3 is 19.1 Å². The van der Waals surface area contributed by atoms with Gasteiger partial charge in [0, 0.05) is 24.6 Å². The van der Waals surface area contributed by atoms with Gasteiger partial charge in [0.15, 0.2) is 18.1 Å². The molecule has 1 atom stereocenters. The van der Waals surface area contributed by atoms with Gasteiger partial charge in [-0.15, -0.1) is 0 Å². The number of likely N-dealkylation sites (tertiary alicyclic amines) is 1. The van der Waals surface area contributed by atoms with Crippen LogP contribution in [0.15, 0.2) is 36.4 Å². The predicted octanol–water partition coefficient (Wildman–Crippen LogP) is 3.81. The number of nitro groups is 1. The van der Waals surface area contributed by atoms with E-state index in [-0.39, 0.29) is 24.2 Å². The summed E-state index contributed by atoms with van der Waals surface area (Å²) in [6.45, 7) is 3.46. The molecule has 1 unspecified atom stereocenters. The number of hydrogen-bond donors (Lipinski definition) is 0. The molecule has 8 heteroatoms. The molecule has 0 bridgehead atoms. The molecule has 0 aliphatic carbocycles. The highest BCUT2D eigenvalue weighted by Crippen LogP contribution is 2.38. The van der Waals surface area contributed by atoms with Crippen molar-refractivity contribution < 1.29 is 23.9 Å². The Morgan fingerprint density at radius 2 is 1.97 bits per heavy atom. The standard InChI is InChI=1S/C22H24N2O6/c1-15-12-17(6-7-18(15)24(26)27)30-14-22(25)23-9-2-4-19(23)16-5-8-20-21(13-16)29-11-3-10-28-20/h5-8,12-13,19H,2-4,9-11,14H2,1H3. The van der Waals surface area contributed by atoms with Crippen molar-refractivity contribution in [1.29, 1.82) is 0 Å². The minimum Gasteiger partial charge on any atom is -0.490 e. The second-order valence-electron chi connectivity index (χ2n) is 7.50. The Kier molecular flexibility index (Phi) is 5.74. The van der Waals surface area contributed by atoms with Crippen molar-refractivity contribution in [2.75, 3.05) is 26.4 Å². The zero-order valence-electron chi connectivity index (χ0n) is 16.8. The maximum atomic E-state index is 12.8. The molecule has 0 spiro atoms. The summed E-state index contributed by atoms with van der Waals surface area (Å²) in [4.78, 5) is 25.2. The first kappa shape index (κ1) is 20.0. The molecule has 30 heavy (non-hydrogen) atoms. The number of hydrogen-bond acceptors (Lipinski definition) is 6. The fourth-order valence-electron chi connectivity index (χ4n) is 3.95. The first-order valence-corrected chi connectivity index (χ1v) is 10.1. The van der Waals surface area contributed by atoms with Gasteiger partial charge in [0.05, 0.1) is 24.2 Å². The van der Waals surface area contributed by atoms with Crippen LogP contribution in [0.5, 0.6) is 17.2 Å². The first-order valence-electron chi connectivity index (χ1n) is 10.1. The van der Waals surface area contributed by atoms with Gasteiger partial charge in [-0.05, 0) is 49.6 Å². The Balaban J connectivity index is 1.43. The van der Waals surface area contributed by atoms with E-state index in [9.17, 15) is 14.9 Å². The summed E-state index contributed by atoms with van der Waals surface area (Å²) < 4.78 is 17.1. The highest BCUT2D eigenvalue weighted by atomic mass is 16.6. The number of ether oxygens (including phenoxy) is 3. The Bertz CT molecular complexity index is 961. The van der Waals surface area contributed by atoms with Crippen molar-refractivity contribution in [2.45, 2.75) is 32.2 Å². The van der Waals surface area contributed by atoms with Crippen LogP contribution in [-0.4, -0.2) is 42.1 Å². The Morgan fingerprint density at radius 1 is 1.17 bits per heavy atom. The lowest BCUT2D eigenvalue weighted by Crippen LogP contribution is -2.34. The lowest BCUT2D eigenvalue weighted by Gasteiger charge is -2.25. The molecule has 0 aromatic heterocycles. The van der Waals surface area contributed by atoms with E-state index in [2.05, 4.69) is 0 Å². The quantitative estimate of drug-likeness (QED) is 0.548. The topological polar surface area (TPSA) is 91.1 Å². The van der Waals surface area contributed by atoms with Crippen molar-refractivity contribution in [1.82, 2.24) is 4.90 Å². The summed E-state index contributed by atoms with van der Waals surface area (Å²) in [6, 6.07) is 10.3.